The van der Waals surface area contributed by atoms with Gasteiger partial charge in [-0.3, -0.25) is 4.79 Å². The number of urea groups is 1. The first-order valence-electron chi connectivity index (χ1n) is 12.1. The molecule has 10 heteroatoms. The van der Waals surface area contributed by atoms with Crippen molar-refractivity contribution < 1.29 is 33.3 Å². The number of rotatable bonds is 6. The molecule has 0 spiro atoms. The summed E-state index contributed by atoms with van der Waals surface area (Å²) in [6, 6.07) is 12.2. The maximum atomic E-state index is 13.2. The lowest BCUT2D eigenvalue weighted by molar-refractivity contribution is -0.149. The van der Waals surface area contributed by atoms with Crippen molar-refractivity contribution in [1.82, 2.24) is 10.2 Å². The average Bonchev–Trinajstić information content (AvgIpc) is 2.87. The number of amides is 3. The molecule has 2 heterocycles. The van der Waals surface area contributed by atoms with Gasteiger partial charge in [-0.15, -0.1) is 0 Å². The monoisotopic (exact) mass is 501 g/mol. The fourth-order valence-electron chi connectivity index (χ4n) is 4.62. The second kappa shape index (κ2) is 12.2. The molecule has 3 N–H and O–H groups in total. The van der Waals surface area contributed by atoms with Crippen LogP contribution < -0.4 is 15.4 Å². The van der Waals surface area contributed by atoms with Crippen LogP contribution in [0.25, 0.3) is 0 Å². The van der Waals surface area contributed by atoms with E-state index in [0.29, 0.717) is 30.8 Å². The van der Waals surface area contributed by atoms with Crippen molar-refractivity contribution in [3.63, 3.8) is 0 Å². The zero-order chi connectivity index (χ0) is 25.5. The minimum Gasteiger partial charge on any atom is -0.496 e. The highest BCUT2D eigenvalue weighted by atomic mass is 19.1. The van der Waals surface area contributed by atoms with Gasteiger partial charge in [0.05, 0.1) is 51.5 Å². The van der Waals surface area contributed by atoms with Crippen LogP contribution in [0, 0.1) is 5.82 Å². The average molecular weight is 502 g/mol. The highest BCUT2D eigenvalue weighted by molar-refractivity contribution is 5.89. The molecule has 2 aliphatic rings. The molecule has 9 nitrogen and oxygen atoms in total. The van der Waals surface area contributed by atoms with Gasteiger partial charge in [0, 0.05) is 17.8 Å². The molecule has 0 aliphatic carbocycles. The number of ether oxygens (including phenoxy) is 3. The summed E-state index contributed by atoms with van der Waals surface area (Å²) in [5.74, 6) is 0.172. The molecule has 2 aromatic rings. The van der Waals surface area contributed by atoms with Gasteiger partial charge in [0.2, 0.25) is 5.91 Å². The molecule has 0 aromatic heterocycles. The van der Waals surface area contributed by atoms with Gasteiger partial charge in [-0.2, -0.15) is 0 Å². The van der Waals surface area contributed by atoms with Gasteiger partial charge in [-0.1, -0.05) is 18.2 Å². The van der Waals surface area contributed by atoms with Crippen LogP contribution in [-0.2, 0) is 20.8 Å². The fraction of sp³-hybridized carbons (Fsp3) is 0.462. The largest absolute Gasteiger partial charge is 0.496 e. The molecule has 2 saturated heterocycles. The predicted molar refractivity (Wildman–Crippen MR) is 130 cm³/mol. The van der Waals surface area contributed by atoms with Crippen molar-refractivity contribution in [2.24, 2.45) is 0 Å². The number of aliphatic hydroxyl groups excluding tert-OH is 1. The van der Waals surface area contributed by atoms with E-state index in [0.717, 1.165) is 5.56 Å². The SMILES string of the molecule is COc1ccccc1CNC(=O)C[C@@H]1CC[C@H]2[C@@H](COC[C@H](O)CN2C(=O)Nc2ccc(F)cc2)O1. The number of benzene rings is 2. The third kappa shape index (κ3) is 6.71. The third-order valence-electron chi connectivity index (χ3n) is 6.42. The second-order valence-electron chi connectivity index (χ2n) is 9.01. The van der Waals surface area contributed by atoms with E-state index in [-0.39, 0.29) is 44.2 Å². The second-order valence-corrected chi connectivity index (χ2v) is 9.01. The van der Waals surface area contributed by atoms with Crippen LogP contribution in [0.4, 0.5) is 14.9 Å². The van der Waals surface area contributed by atoms with Crippen molar-refractivity contribution in [3.8, 4) is 5.75 Å². The maximum absolute atomic E-state index is 13.2. The van der Waals surface area contributed by atoms with Crippen molar-refractivity contribution >= 4 is 17.6 Å². The number of carbonyl (C=O) groups is 2. The Morgan fingerprint density at radius 2 is 1.92 bits per heavy atom. The summed E-state index contributed by atoms with van der Waals surface area (Å²) < 4.78 is 30.4. The first kappa shape index (κ1) is 25.9. The Morgan fingerprint density at radius 1 is 1.14 bits per heavy atom. The summed E-state index contributed by atoms with van der Waals surface area (Å²) in [4.78, 5) is 27.3. The molecule has 2 aliphatic heterocycles. The molecule has 194 valence electrons. The minimum absolute atomic E-state index is 0.0664. The highest BCUT2D eigenvalue weighted by Gasteiger charge is 2.40. The molecule has 3 amide bonds. The number of hydrogen-bond acceptors (Lipinski definition) is 6. The smallest absolute Gasteiger partial charge is 0.322 e. The number of carbonyl (C=O) groups excluding carboxylic acids is 2. The van der Waals surface area contributed by atoms with Gasteiger partial charge in [0.25, 0.3) is 0 Å². The Kier molecular flexibility index (Phi) is 8.74. The molecule has 2 aromatic carbocycles. The summed E-state index contributed by atoms with van der Waals surface area (Å²) in [5.41, 5.74) is 1.33. The van der Waals surface area contributed by atoms with E-state index in [2.05, 4.69) is 10.6 Å². The molecule has 0 saturated carbocycles. The Bertz CT molecular complexity index is 1040. The molecule has 0 unspecified atom stereocenters. The van der Waals surface area contributed by atoms with E-state index in [9.17, 15) is 19.1 Å². The van der Waals surface area contributed by atoms with E-state index >= 15 is 0 Å². The van der Waals surface area contributed by atoms with E-state index in [1.807, 2.05) is 24.3 Å². The minimum atomic E-state index is -0.844. The van der Waals surface area contributed by atoms with Gasteiger partial charge >= 0.3 is 6.03 Å². The zero-order valence-electron chi connectivity index (χ0n) is 20.2. The normalized spacial score (nSPS) is 24.1. The Hall–Kier alpha value is -3.21. The van der Waals surface area contributed by atoms with Crippen molar-refractivity contribution in [2.75, 3.05) is 32.2 Å². The number of fused-ring (bicyclic) bond motifs is 1. The predicted octanol–water partition coefficient (Wildman–Crippen LogP) is 2.68. The van der Waals surface area contributed by atoms with Crippen molar-refractivity contribution in [1.29, 1.82) is 0 Å². The first-order valence-corrected chi connectivity index (χ1v) is 12.1. The van der Waals surface area contributed by atoms with Gasteiger partial charge in [0.15, 0.2) is 0 Å². The van der Waals surface area contributed by atoms with Gasteiger partial charge in [-0.05, 0) is 43.2 Å². The number of para-hydroxylation sites is 1. The van der Waals surface area contributed by atoms with E-state index < -0.39 is 24.1 Å². The topological polar surface area (TPSA) is 109 Å². The van der Waals surface area contributed by atoms with Gasteiger partial charge in [0.1, 0.15) is 17.7 Å². The lowest BCUT2D eigenvalue weighted by Gasteiger charge is -2.44. The zero-order valence-corrected chi connectivity index (χ0v) is 20.2. The Balaban J connectivity index is 1.35. The lowest BCUT2D eigenvalue weighted by atomic mass is 9.95. The Labute approximate surface area is 209 Å². The third-order valence-corrected chi connectivity index (χ3v) is 6.42. The van der Waals surface area contributed by atoms with Crippen molar-refractivity contribution in [3.05, 3.63) is 59.9 Å². The first-order chi connectivity index (χ1) is 17.4. The molecular formula is C26H32FN3O6. The van der Waals surface area contributed by atoms with Gasteiger partial charge in [-0.25, -0.2) is 9.18 Å². The van der Waals surface area contributed by atoms with Crippen LogP contribution >= 0.6 is 0 Å². The molecule has 4 atom stereocenters. The standard InChI is InChI=1S/C26H32FN3O6/c1-34-23-5-3-2-4-17(23)13-28-25(32)12-21-10-11-22-24(36-21)16-35-15-20(31)14-30(22)26(33)29-19-8-6-18(27)7-9-19/h2-9,20-22,24,31H,10-16H2,1H3,(H,28,32)(H,29,33)/t20-,21+,22+,24-/m1/s1. The number of anilines is 1. The van der Waals surface area contributed by atoms with Gasteiger partial charge < -0.3 is 34.9 Å². The molecule has 0 radical (unpaired) electrons. The van der Waals surface area contributed by atoms with E-state index in [1.165, 1.54) is 24.3 Å². The Morgan fingerprint density at radius 3 is 2.69 bits per heavy atom. The number of nitrogens with one attached hydrogen (secondary N) is 2. The fourth-order valence-corrected chi connectivity index (χ4v) is 4.62. The number of methoxy groups -OCH3 is 1. The number of nitrogens with zero attached hydrogens (tertiary/aromatic N) is 1. The quantitative estimate of drug-likeness (QED) is 0.562. The molecule has 4 rings (SSSR count). The highest BCUT2D eigenvalue weighted by Crippen LogP contribution is 2.28. The summed E-state index contributed by atoms with van der Waals surface area (Å²) >= 11 is 0. The maximum Gasteiger partial charge on any atom is 0.322 e. The molecule has 0 bridgehead atoms. The molecular weight excluding hydrogens is 469 g/mol. The van der Waals surface area contributed by atoms with Crippen LogP contribution in [0.15, 0.2) is 48.5 Å². The van der Waals surface area contributed by atoms with Crippen LogP contribution in [-0.4, -0.2) is 73.2 Å². The number of aliphatic hydroxyl groups is 1. The molecule has 2 fully saturated rings. The van der Waals surface area contributed by atoms with Crippen LogP contribution in [0.1, 0.15) is 24.8 Å². The number of β-amino-alcohol motifs (C(OH)–C–C–N with tert-alkyl or cyclic N) is 1. The number of hydrogen-bond donors (Lipinski definition) is 3. The summed E-state index contributed by atoms with van der Waals surface area (Å²) in [5, 5.41) is 16.0. The van der Waals surface area contributed by atoms with E-state index in [4.69, 9.17) is 14.2 Å². The van der Waals surface area contributed by atoms with Crippen LogP contribution in [0.2, 0.25) is 0 Å². The van der Waals surface area contributed by atoms with Crippen LogP contribution in [0.5, 0.6) is 5.75 Å². The summed E-state index contributed by atoms with van der Waals surface area (Å²) in [6.45, 7) is 0.680. The van der Waals surface area contributed by atoms with Crippen LogP contribution in [0.3, 0.4) is 0 Å². The van der Waals surface area contributed by atoms with Crippen molar-refractivity contribution in [2.45, 2.75) is 50.2 Å². The summed E-state index contributed by atoms with van der Waals surface area (Å²) in [6.07, 6.45) is -0.274. The van der Waals surface area contributed by atoms with E-state index in [1.54, 1.807) is 12.0 Å². The molecule has 36 heavy (non-hydrogen) atoms. The number of halogens is 1. The summed E-state index contributed by atoms with van der Waals surface area (Å²) in [7, 11) is 1.59. The lowest BCUT2D eigenvalue weighted by Crippen LogP contribution is -2.58.